The molecule has 0 saturated heterocycles. The second-order valence-corrected chi connectivity index (χ2v) is 6.76. The van der Waals surface area contributed by atoms with Gasteiger partial charge < -0.3 is 4.74 Å². The van der Waals surface area contributed by atoms with Gasteiger partial charge in [-0.05, 0) is 46.3 Å². The molecule has 0 atom stereocenters. The van der Waals surface area contributed by atoms with Crippen molar-refractivity contribution in [3.63, 3.8) is 0 Å². The van der Waals surface area contributed by atoms with Crippen molar-refractivity contribution in [1.82, 2.24) is 10.3 Å². The minimum atomic E-state index is -3.82. The van der Waals surface area contributed by atoms with Crippen molar-refractivity contribution in [1.29, 1.82) is 0 Å². The zero-order chi connectivity index (χ0) is 16.2. The monoisotopic (exact) mass is 384 g/mol. The lowest BCUT2D eigenvalue weighted by atomic mass is 10.2. The molecule has 2 aromatic rings. The van der Waals surface area contributed by atoms with E-state index in [0.717, 1.165) is 0 Å². The van der Waals surface area contributed by atoms with Gasteiger partial charge in [0.2, 0.25) is 0 Å². The smallest absolute Gasteiger partial charge is 0.267 e. The molecule has 116 valence electrons. The third kappa shape index (κ3) is 3.85. The lowest BCUT2D eigenvalue weighted by Gasteiger charge is -2.10. The number of hydrogen-bond donors (Lipinski definition) is 2. The normalized spacial score (nSPS) is 11.0. The maximum absolute atomic E-state index is 12.1. The van der Waals surface area contributed by atoms with Crippen LogP contribution in [0.15, 0.2) is 57.9 Å². The molecule has 1 amide bonds. The molecule has 2 rings (SSSR count). The highest BCUT2D eigenvalue weighted by molar-refractivity contribution is 9.10. The summed E-state index contributed by atoms with van der Waals surface area (Å²) in [6.45, 7) is 0. The third-order valence-corrected chi connectivity index (χ3v) is 4.73. The molecular weight excluding hydrogens is 372 g/mol. The van der Waals surface area contributed by atoms with E-state index in [1.807, 2.05) is 4.83 Å². The highest BCUT2D eigenvalue weighted by Crippen LogP contribution is 2.22. The van der Waals surface area contributed by atoms with Crippen LogP contribution in [0.3, 0.4) is 0 Å². The fourth-order valence-corrected chi connectivity index (χ4v) is 2.93. The van der Waals surface area contributed by atoms with E-state index in [1.165, 1.54) is 25.3 Å². The van der Waals surface area contributed by atoms with Gasteiger partial charge >= 0.3 is 0 Å². The molecule has 6 nitrogen and oxygen atoms in total. The van der Waals surface area contributed by atoms with E-state index < -0.39 is 15.9 Å². The molecule has 0 unspecified atom stereocenters. The van der Waals surface area contributed by atoms with Gasteiger partial charge in [-0.1, -0.05) is 18.2 Å². The molecule has 0 aliphatic rings. The number of halogens is 1. The molecular formula is C14H13BrN2O4S. The van der Waals surface area contributed by atoms with Crippen LogP contribution in [-0.4, -0.2) is 21.4 Å². The molecule has 22 heavy (non-hydrogen) atoms. The summed E-state index contributed by atoms with van der Waals surface area (Å²) in [7, 11) is -2.35. The Hall–Kier alpha value is -1.90. The van der Waals surface area contributed by atoms with E-state index in [0.29, 0.717) is 10.2 Å². The number of rotatable bonds is 5. The Labute approximate surface area is 136 Å². The largest absolute Gasteiger partial charge is 0.497 e. The first-order valence-electron chi connectivity index (χ1n) is 6.15. The van der Waals surface area contributed by atoms with Gasteiger partial charge in [0.05, 0.1) is 17.6 Å². The van der Waals surface area contributed by atoms with Crippen molar-refractivity contribution in [2.45, 2.75) is 4.90 Å². The Morgan fingerprint density at radius 2 is 1.82 bits per heavy atom. The van der Waals surface area contributed by atoms with Gasteiger partial charge in [0.25, 0.3) is 15.9 Å². The molecule has 2 aromatic carbocycles. The van der Waals surface area contributed by atoms with Gasteiger partial charge in [0.1, 0.15) is 5.75 Å². The Balaban J connectivity index is 2.13. The van der Waals surface area contributed by atoms with E-state index >= 15 is 0 Å². The van der Waals surface area contributed by atoms with Gasteiger partial charge in [-0.15, -0.1) is 4.83 Å². The van der Waals surface area contributed by atoms with Crippen LogP contribution in [0.5, 0.6) is 5.75 Å². The van der Waals surface area contributed by atoms with Crippen molar-refractivity contribution in [2.75, 3.05) is 7.11 Å². The van der Waals surface area contributed by atoms with E-state index in [1.54, 1.807) is 30.3 Å². The van der Waals surface area contributed by atoms with Crippen molar-refractivity contribution in [3.05, 3.63) is 58.6 Å². The third-order valence-electron chi connectivity index (χ3n) is 2.77. The number of sulfonamides is 1. The summed E-state index contributed by atoms with van der Waals surface area (Å²) in [5.41, 5.74) is 2.41. The maximum Gasteiger partial charge on any atom is 0.267 e. The van der Waals surface area contributed by atoms with Crippen LogP contribution >= 0.6 is 15.9 Å². The Morgan fingerprint density at radius 1 is 1.14 bits per heavy atom. The van der Waals surface area contributed by atoms with Crippen LogP contribution in [0.1, 0.15) is 10.4 Å². The average Bonchev–Trinajstić information content (AvgIpc) is 2.54. The number of carbonyl (C=O) groups excluding carboxylic acids is 1. The molecule has 0 aliphatic carbocycles. The van der Waals surface area contributed by atoms with Crippen molar-refractivity contribution >= 4 is 31.9 Å². The SMILES string of the molecule is COc1ccc(Br)c(C(=O)NNS(=O)(=O)c2ccccc2)c1. The zero-order valence-corrected chi connectivity index (χ0v) is 13.9. The fourth-order valence-electron chi connectivity index (χ4n) is 1.64. The zero-order valence-electron chi connectivity index (χ0n) is 11.5. The van der Waals surface area contributed by atoms with Crippen LogP contribution in [-0.2, 0) is 10.0 Å². The van der Waals surface area contributed by atoms with E-state index in [2.05, 4.69) is 21.4 Å². The molecule has 8 heteroatoms. The molecule has 0 spiro atoms. The number of methoxy groups -OCH3 is 1. The summed E-state index contributed by atoms with van der Waals surface area (Å²) in [5, 5.41) is 0. The molecule has 0 saturated carbocycles. The van der Waals surface area contributed by atoms with Crippen molar-refractivity contribution in [3.8, 4) is 5.75 Å². The summed E-state index contributed by atoms with van der Waals surface area (Å²) in [6.07, 6.45) is 0. The lowest BCUT2D eigenvalue weighted by Crippen LogP contribution is -2.41. The number of hydrazine groups is 1. The standard InChI is InChI=1S/C14H13BrN2O4S/c1-21-10-7-8-13(15)12(9-10)14(18)16-17-22(19,20)11-5-3-2-4-6-11/h2-9,17H,1H3,(H,16,18). The highest BCUT2D eigenvalue weighted by Gasteiger charge is 2.17. The summed E-state index contributed by atoms with van der Waals surface area (Å²) >= 11 is 3.23. The molecule has 0 aliphatic heterocycles. The maximum atomic E-state index is 12.1. The van der Waals surface area contributed by atoms with Crippen molar-refractivity contribution in [2.24, 2.45) is 0 Å². The van der Waals surface area contributed by atoms with E-state index in [9.17, 15) is 13.2 Å². The first-order valence-corrected chi connectivity index (χ1v) is 8.42. The second kappa shape index (κ2) is 6.91. The second-order valence-electron chi connectivity index (χ2n) is 4.22. The molecule has 0 fully saturated rings. The average molecular weight is 385 g/mol. The van der Waals surface area contributed by atoms with Crippen LogP contribution in [0.4, 0.5) is 0 Å². The highest BCUT2D eigenvalue weighted by atomic mass is 79.9. The van der Waals surface area contributed by atoms with Crippen LogP contribution < -0.4 is 15.0 Å². The fraction of sp³-hybridized carbons (Fsp3) is 0.0714. The van der Waals surface area contributed by atoms with Gasteiger partial charge in [-0.25, -0.2) is 8.42 Å². The van der Waals surface area contributed by atoms with Crippen LogP contribution in [0, 0.1) is 0 Å². The van der Waals surface area contributed by atoms with Crippen LogP contribution in [0.2, 0.25) is 0 Å². The predicted octanol–water partition coefficient (Wildman–Crippen LogP) is 2.08. The number of carbonyl (C=O) groups is 1. The minimum Gasteiger partial charge on any atom is -0.497 e. The van der Waals surface area contributed by atoms with E-state index in [-0.39, 0.29) is 10.5 Å². The number of amides is 1. The topological polar surface area (TPSA) is 84.5 Å². The first kappa shape index (κ1) is 16.5. The quantitative estimate of drug-likeness (QED) is 0.772. The predicted molar refractivity (Wildman–Crippen MR) is 84.9 cm³/mol. The summed E-state index contributed by atoms with van der Waals surface area (Å²) < 4.78 is 29.6. The first-order chi connectivity index (χ1) is 10.4. The van der Waals surface area contributed by atoms with Crippen LogP contribution in [0.25, 0.3) is 0 Å². The van der Waals surface area contributed by atoms with Gasteiger partial charge in [-0.2, -0.15) is 0 Å². The molecule has 0 radical (unpaired) electrons. The molecule has 0 bridgehead atoms. The van der Waals surface area contributed by atoms with Gasteiger partial charge in [0, 0.05) is 4.47 Å². The van der Waals surface area contributed by atoms with Crippen molar-refractivity contribution < 1.29 is 17.9 Å². The van der Waals surface area contributed by atoms with Gasteiger partial charge in [0.15, 0.2) is 0 Å². The Bertz CT molecular complexity index is 779. The number of benzene rings is 2. The molecule has 0 heterocycles. The summed E-state index contributed by atoms with van der Waals surface area (Å²) in [6, 6.07) is 12.5. The number of ether oxygens (including phenoxy) is 1. The Morgan fingerprint density at radius 3 is 2.45 bits per heavy atom. The summed E-state index contributed by atoms with van der Waals surface area (Å²) in [4.78, 5) is 14.2. The van der Waals surface area contributed by atoms with Gasteiger partial charge in [-0.3, -0.25) is 10.2 Å². The summed E-state index contributed by atoms with van der Waals surface area (Å²) in [5.74, 6) is -0.121. The lowest BCUT2D eigenvalue weighted by molar-refractivity contribution is 0.0944. The Kier molecular flexibility index (Phi) is 5.17. The molecule has 0 aromatic heterocycles. The van der Waals surface area contributed by atoms with E-state index in [4.69, 9.17) is 4.74 Å². The minimum absolute atomic E-state index is 0.0556. The molecule has 2 N–H and O–H groups in total. The number of nitrogens with one attached hydrogen (secondary N) is 2. The number of hydrogen-bond acceptors (Lipinski definition) is 4.